The van der Waals surface area contributed by atoms with Gasteiger partial charge in [-0.25, -0.2) is 4.79 Å². The summed E-state index contributed by atoms with van der Waals surface area (Å²) >= 11 is 0. The Balaban J connectivity index is 2.83. The minimum atomic E-state index is -0.761. The molecule has 4 atom stereocenters. The van der Waals surface area contributed by atoms with Gasteiger partial charge in [-0.3, -0.25) is 0 Å². The van der Waals surface area contributed by atoms with Gasteiger partial charge in [0.15, 0.2) is 12.2 Å². The van der Waals surface area contributed by atoms with Crippen molar-refractivity contribution in [1.29, 1.82) is 0 Å². The summed E-state index contributed by atoms with van der Waals surface area (Å²) in [5.41, 5.74) is 0. The molecule has 1 aliphatic rings. The number of carbonyl (C=O) groups is 1. The number of carbonyl (C=O) groups excluding carboxylic acids is 1. The zero-order chi connectivity index (χ0) is 12.1. The van der Waals surface area contributed by atoms with Crippen molar-refractivity contribution in [2.75, 3.05) is 35.0 Å². The molecule has 0 aromatic carbocycles. The topological polar surface area (TPSA) is 63.2 Å². The Morgan fingerprint density at radius 3 is 2.12 bits per heavy atom. The second kappa shape index (κ2) is 6.15. The van der Waals surface area contributed by atoms with Crippen molar-refractivity contribution in [3.05, 3.63) is 0 Å². The first kappa shape index (κ1) is 13.4. The molecule has 1 saturated heterocycles. The molecule has 0 spiro atoms. The van der Waals surface area contributed by atoms with E-state index in [1.807, 2.05) is 0 Å². The van der Waals surface area contributed by atoms with E-state index in [1.165, 1.54) is 28.4 Å². The fraction of sp³-hybridized carbons (Fsp3) is 0.900. The lowest BCUT2D eigenvalue weighted by Gasteiger charge is -2.39. The second-order valence-electron chi connectivity index (χ2n) is 3.49. The Bertz CT molecular complexity index is 231. The first-order valence-electron chi connectivity index (χ1n) is 4.97. The van der Waals surface area contributed by atoms with Crippen LogP contribution in [0.25, 0.3) is 0 Å². The van der Waals surface area contributed by atoms with Crippen molar-refractivity contribution in [1.82, 2.24) is 0 Å². The van der Waals surface area contributed by atoms with Crippen molar-refractivity contribution in [2.24, 2.45) is 0 Å². The number of rotatable bonds is 5. The smallest absolute Gasteiger partial charge is 0.338 e. The average molecular weight is 234 g/mol. The fourth-order valence-corrected chi connectivity index (χ4v) is 1.87. The number of methoxy groups -OCH3 is 4. The van der Waals surface area contributed by atoms with Crippen molar-refractivity contribution >= 4 is 5.97 Å². The molecular formula is C10H18O6. The summed E-state index contributed by atoms with van der Waals surface area (Å²) in [4.78, 5) is 11.6. The molecule has 1 heterocycles. The molecule has 6 nitrogen and oxygen atoms in total. The van der Waals surface area contributed by atoms with E-state index in [0.717, 1.165) is 0 Å². The van der Waals surface area contributed by atoms with Gasteiger partial charge in [-0.05, 0) is 0 Å². The van der Waals surface area contributed by atoms with Crippen LogP contribution in [0.15, 0.2) is 0 Å². The number of hydrogen-bond donors (Lipinski definition) is 0. The van der Waals surface area contributed by atoms with Crippen molar-refractivity contribution < 1.29 is 28.5 Å². The van der Waals surface area contributed by atoms with Crippen LogP contribution in [0.1, 0.15) is 0 Å². The number of esters is 1. The maximum absolute atomic E-state index is 11.6. The van der Waals surface area contributed by atoms with Gasteiger partial charge in [0.25, 0.3) is 0 Å². The second-order valence-corrected chi connectivity index (χ2v) is 3.49. The van der Waals surface area contributed by atoms with Gasteiger partial charge in [0.2, 0.25) is 0 Å². The molecule has 0 aromatic heterocycles. The van der Waals surface area contributed by atoms with Gasteiger partial charge >= 0.3 is 5.97 Å². The van der Waals surface area contributed by atoms with E-state index in [0.29, 0.717) is 0 Å². The lowest BCUT2D eigenvalue weighted by Crippen LogP contribution is -2.58. The zero-order valence-corrected chi connectivity index (χ0v) is 9.97. The summed E-state index contributed by atoms with van der Waals surface area (Å²) in [6.07, 6.45) is -2.12. The van der Waals surface area contributed by atoms with Crippen LogP contribution in [0.4, 0.5) is 0 Å². The Morgan fingerprint density at radius 1 is 1.06 bits per heavy atom. The third-order valence-electron chi connectivity index (χ3n) is 2.62. The van der Waals surface area contributed by atoms with Crippen molar-refractivity contribution in [3.63, 3.8) is 0 Å². The molecule has 94 valence electrons. The molecular weight excluding hydrogens is 216 g/mol. The van der Waals surface area contributed by atoms with Gasteiger partial charge in [0.05, 0.1) is 6.61 Å². The minimum absolute atomic E-state index is 0.264. The average Bonchev–Trinajstić information content (AvgIpc) is 2.28. The van der Waals surface area contributed by atoms with Gasteiger partial charge in [-0.2, -0.15) is 0 Å². The van der Waals surface area contributed by atoms with E-state index in [-0.39, 0.29) is 6.61 Å². The molecule has 0 aliphatic carbocycles. The summed E-state index contributed by atoms with van der Waals surface area (Å²) in [5.74, 6) is -0.454. The molecule has 0 saturated carbocycles. The molecule has 0 radical (unpaired) electrons. The standard InChI is InChI=1S/C10H18O6/c1-12-5-6-7(13-2)8(14-3)9(15-4)10(11)16-6/h6-9H,5H2,1-4H3. The lowest BCUT2D eigenvalue weighted by molar-refractivity contribution is -0.220. The monoisotopic (exact) mass is 234 g/mol. The summed E-state index contributed by atoms with van der Waals surface area (Å²) < 4.78 is 25.7. The molecule has 1 aliphatic heterocycles. The molecule has 0 aromatic rings. The van der Waals surface area contributed by atoms with Gasteiger partial charge in [-0.15, -0.1) is 0 Å². The number of hydrogen-bond acceptors (Lipinski definition) is 6. The highest BCUT2D eigenvalue weighted by molar-refractivity contribution is 5.76. The van der Waals surface area contributed by atoms with Gasteiger partial charge in [0, 0.05) is 28.4 Å². The third kappa shape index (κ3) is 2.52. The summed E-state index contributed by atoms with van der Waals surface area (Å²) in [6.45, 7) is 0.264. The van der Waals surface area contributed by atoms with Crippen LogP contribution in [0.2, 0.25) is 0 Å². The molecule has 4 unspecified atom stereocenters. The van der Waals surface area contributed by atoms with Crippen LogP contribution in [-0.4, -0.2) is 65.4 Å². The lowest BCUT2D eigenvalue weighted by atomic mass is 9.99. The van der Waals surface area contributed by atoms with E-state index in [1.54, 1.807) is 0 Å². The highest BCUT2D eigenvalue weighted by atomic mass is 16.6. The molecule has 0 bridgehead atoms. The Morgan fingerprint density at radius 2 is 1.69 bits per heavy atom. The highest BCUT2D eigenvalue weighted by Gasteiger charge is 2.47. The maximum atomic E-state index is 11.6. The van der Waals surface area contributed by atoms with Crippen LogP contribution < -0.4 is 0 Å². The van der Waals surface area contributed by atoms with E-state index in [4.69, 9.17) is 23.7 Å². The number of cyclic esters (lactones) is 1. The summed E-state index contributed by atoms with van der Waals surface area (Å²) in [6, 6.07) is 0. The van der Waals surface area contributed by atoms with Crippen LogP contribution in [-0.2, 0) is 28.5 Å². The minimum Gasteiger partial charge on any atom is -0.455 e. The summed E-state index contributed by atoms with van der Waals surface area (Å²) in [5, 5.41) is 0. The normalized spacial score (nSPS) is 34.9. The third-order valence-corrected chi connectivity index (χ3v) is 2.62. The van der Waals surface area contributed by atoms with E-state index in [2.05, 4.69) is 0 Å². The van der Waals surface area contributed by atoms with E-state index < -0.39 is 30.4 Å². The molecule has 1 rings (SSSR count). The summed E-state index contributed by atoms with van der Waals surface area (Å²) in [7, 11) is 6.00. The quantitative estimate of drug-likeness (QED) is 0.603. The van der Waals surface area contributed by atoms with Crippen LogP contribution in [0.3, 0.4) is 0 Å². The van der Waals surface area contributed by atoms with Crippen molar-refractivity contribution in [2.45, 2.75) is 24.4 Å². The Kier molecular flexibility index (Phi) is 5.14. The van der Waals surface area contributed by atoms with Crippen LogP contribution >= 0.6 is 0 Å². The molecule has 0 N–H and O–H groups in total. The first-order valence-corrected chi connectivity index (χ1v) is 4.97. The van der Waals surface area contributed by atoms with Crippen LogP contribution in [0.5, 0.6) is 0 Å². The maximum Gasteiger partial charge on any atom is 0.338 e. The molecule has 16 heavy (non-hydrogen) atoms. The largest absolute Gasteiger partial charge is 0.455 e. The molecule has 1 fully saturated rings. The SMILES string of the molecule is COCC1OC(=O)C(OC)C(OC)C1OC. The first-order chi connectivity index (χ1) is 7.69. The number of ether oxygens (including phenoxy) is 5. The Hall–Kier alpha value is -0.690. The van der Waals surface area contributed by atoms with Gasteiger partial charge in [-0.1, -0.05) is 0 Å². The van der Waals surface area contributed by atoms with E-state index in [9.17, 15) is 4.79 Å². The van der Waals surface area contributed by atoms with Crippen LogP contribution in [0, 0.1) is 0 Å². The zero-order valence-electron chi connectivity index (χ0n) is 9.97. The fourth-order valence-electron chi connectivity index (χ4n) is 1.87. The Labute approximate surface area is 94.7 Å². The highest BCUT2D eigenvalue weighted by Crippen LogP contribution is 2.23. The predicted molar refractivity (Wildman–Crippen MR) is 54.1 cm³/mol. The van der Waals surface area contributed by atoms with E-state index >= 15 is 0 Å². The van der Waals surface area contributed by atoms with Crippen molar-refractivity contribution in [3.8, 4) is 0 Å². The molecule has 0 amide bonds. The van der Waals surface area contributed by atoms with Gasteiger partial charge < -0.3 is 23.7 Å². The molecule has 6 heteroatoms. The van der Waals surface area contributed by atoms with Gasteiger partial charge in [0.1, 0.15) is 12.2 Å². The predicted octanol–water partition coefficient (Wildman–Crippen LogP) is -0.397.